The van der Waals surface area contributed by atoms with Crippen LogP contribution in [0.25, 0.3) is 0 Å². The second-order valence-electron chi connectivity index (χ2n) is 7.34. The van der Waals surface area contributed by atoms with Gasteiger partial charge in [0.1, 0.15) is 0 Å². The zero-order valence-corrected chi connectivity index (χ0v) is 15.9. The van der Waals surface area contributed by atoms with Crippen molar-refractivity contribution >= 4 is 29.8 Å². The molecule has 4 unspecified atom stereocenters. The van der Waals surface area contributed by atoms with Crippen LogP contribution in [-0.2, 0) is 14.3 Å². The number of nitrogens with one attached hydrogen (secondary N) is 1. The largest absolute Gasteiger partial charge is 0.435 e. The molecule has 0 radical (unpaired) electrons. The summed E-state index contributed by atoms with van der Waals surface area (Å²) >= 11 is 6.03. The number of hydrogen-bond acceptors (Lipinski definition) is 5. The van der Waals surface area contributed by atoms with Crippen LogP contribution in [0.5, 0.6) is 0 Å². The van der Waals surface area contributed by atoms with Gasteiger partial charge in [-0.1, -0.05) is 17.7 Å². The number of cyclic esters (lactones) is 1. The van der Waals surface area contributed by atoms with Gasteiger partial charge in [0.15, 0.2) is 12.3 Å². The minimum Gasteiger partial charge on any atom is -0.435 e. The number of dihydropyridines is 1. The molecule has 4 rings (SSSR count). The Morgan fingerprint density at radius 2 is 2.10 bits per heavy atom. The number of carbonyl (C=O) groups excluding carboxylic acids is 2. The summed E-state index contributed by atoms with van der Waals surface area (Å²) in [6, 6.07) is 0. The van der Waals surface area contributed by atoms with E-state index in [0.717, 1.165) is 42.7 Å². The van der Waals surface area contributed by atoms with E-state index in [1.54, 1.807) is 6.08 Å². The summed E-state index contributed by atoms with van der Waals surface area (Å²) in [5.74, 6) is -0.651. The lowest BCUT2D eigenvalue weighted by Crippen LogP contribution is -2.35. The van der Waals surface area contributed by atoms with Gasteiger partial charge in [-0.15, -0.1) is 11.6 Å². The quantitative estimate of drug-likeness (QED) is 0.694. The Morgan fingerprint density at radius 1 is 1.31 bits per heavy atom. The van der Waals surface area contributed by atoms with Crippen molar-refractivity contribution in [1.82, 2.24) is 5.32 Å². The average molecular weight is 431 g/mol. The van der Waals surface area contributed by atoms with Crippen LogP contribution in [0.4, 0.5) is 18.0 Å². The second kappa shape index (κ2) is 7.60. The number of aliphatic imine (C=N–C) groups is 1. The number of alkyl carbamates (subject to hydrolysis) is 1. The van der Waals surface area contributed by atoms with Gasteiger partial charge in [-0.05, 0) is 37.3 Å². The first-order valence-corrected chi connectivity index (χ1v) is 9.69. The third kappa shape index (κ3) is 4.11. The van der Waals surface area contributed by atoms with Crippen LogP contribution >= 0.6 is 11.6 Å². The number of amides is 2. The lowest BCUT2D eigenvalue weighted by atomic mass is 9.75. The first-order valence-electron chi connectivity index (χ1n) is 9.25. The predicted molar refractivity (Wildman–Crippen MR) is 97.5 cm³/mol. The van der Waals surface area contributed by atoms with E-state index in [0.29, 0.717) is 6.42 Å². The molecule has 4 aliphatic rings. The van der Waals surface area contributed by atoms with Crippen LogP contribution < -0.4 is 5.32 Å². The highest BCUT2D eigenvalue weighted by atomic mass is 35.5. The molecule has 29 heavy (non-hydrogen) atoms. The highest BCUT2D eigenvalue weighted by Crippen LogP contribution is 2.40. The Bertz CT molecular complexity index is 849. The molecule has 6 nitrogen and oxygen atoms in total. The summed E-state index contributed by atoms with van der Waals surface area (Å²) in [6.45, 7) is 0. The van der Waals surface area contributed by atoms with Gasteiger partial charge in [0.05, 0.1) is 17.1 Å². The number of carbonyl (C=O) groups is 2. The molecule has 2 amide bonds. The first-order chi connectivity index (χ1) is 13.7. The van der Waals surface area contributed by atoms with Crippen molar-refractivity contribution in [3.05, 3.63) is 34.9 Å². The number of alkyl halides is 4. The Kier molecular flexibility index (Phi) is 5.29. The second-order valence-corrected chi connectivity index (χ2v) is 7.85. The predicted octanol–water partition coefficient (Wildman–Crippen LogP) is 3.57. The van der Waals surface area contributed by atoms with Crippen LogP contribution in [0.3, 0.4) is 0 Å². The van der Waals surface area contributed by atoms with E-state index in [9.17, 15) is 22.8 Å². The molecular formula is C19H18ClF3N2O4. The molecule has 1 N–H and O–H groups in total. The average Bonchev–Trinajstić information content (AvgIpc) is 3.00. The molecule has 2 aliphatic carbocycles. The fraction of sp³-hybridized carbons (Fsp3) is 0.526. The van der Waals surface area contributed by atoms with Crippen molar-refractivity contribution in [2.45, 2.75) is 55.7 Å². The number of imide groups is 1. The van der Waals surface area contributed by atoms with Gasteiger partial charge in [0, 0.05) is 12.1 Å². The van der Waals surface area contributed by atoms with Gasteiger partial charge in [-0.25, -0.2) is 4.79 Å². The number of allylic oxidation sites excluding steroid dienone is 2. The van der Waals surface area contributed by atoms with Crippen LogP contribution in [-0.4, -0.2) is 48.2 Å². The standard InChI is InChI=1S/C19H18ClF3N2O4/c20-14-7-10(19(21,22)23)8-24-17(14)28-11-4-5-12-9(6-11)2-1-3-13(12)15-16(26)25-18(27)29-15/h4-5,7-8,11,13-15,17H,1-3,6H2,(H,25,26,27)/t11?,13-,14?,15?,17?/m1/s1. The molecule has 1 saturated heterocycles. The van der Waals surface area contributed by atoms with E-state index in [4.69, 9.17) is 21.1 Å². The lowest BCUT2D eigenvalue weighted by molar-refractivity contribution is -0.125. The maximum absolute atomic E-state index is 12.8. The summed E-state index contributed by atoms with van der Waals surface area (Å²) < 4.78 is 49.3. The van der Waals surface area contributed by atoms with Gasteiger partial charge >= 0.3 is 12.3 Å². The number of hydrogen-bond donors (Lipinski definition) is 1. The Balaban J connectivity index is 1.43. The maximum Gasteiger partial charge on any atom is 0.417 e. The van der Waals surface area contributed by atoms with Crippen molar-refractivity contribution in [2.75, 3.05) is 0 Å². The normalized spacial score (nSPS) is 34.6. The van der Waals surface area contributed by atoms with E-state index < -0.39 is 47.6 Å². The van der Waals surface area contributed by atoms with Crippen molar-refractivity contribution in [3.8, 4) is 0 Å². The van der Waals surface area contributed by atoms with E-state index >= 15 is 0 Å². The fourth-order valence-electron chi connectivity index (χ4n) is 4.11. The zero-order valence-electron chi connectivity index (χ0n) is 15.1. The maximum atomic E-state index is 12.8. The number of nitrogens with zero attached hydrogens (tertiary/aromatic N) is 1. The monoisotopic (exact) mass is 430 g/mol. The summed E-state index contributed by atoms with van der Waals surface area (Å²) in [7, 11) is 0. The molecule has 5 atom stereocenters. The lowest BCUT2D eigenvalue weighted by Gasteiger charge is -2.34. The molecule has 1 fully saturated rings. The Labute approximate surface area is 169 Å². The van der Waals surface area contributed by atoms with E-state index in [1.807, 2.05) is 6.08 Å². The van der Waals surface area contributed by atoms with Gasteiger partial charge in [-0.3, -0.25) is 15.1 Å². The van der Waals surface area contributed by atoms with Gasteiger partial charge in [0.25, 0.3) is 5.91 Å². The fourth-order valence-corrected chi connectivity index (χ4v) is 4.37. The molecule has 0 saturated carbocycles. The van der Waals surface area contributed by atoms with Crippen molar-refractivity contribution in [2.24, 2.45) is 10.9 Å². The van der Waals surface area contributed by atoms with Gasteiger partial charge < -0.3 is 9.47 Å². The highest BCUT2D eigenvalue weighted by Gasteiger charge is 2.42. The minimum absolute atomic E-state index is 0.215. The Hall–Kier alpha value is -2.13. The molecule has 2 aliphatic heterocycles. The van der Waals surface area contributed by atoms with Crippen LogP contribution in [0, 0.1) is 5.92 Å². The highest BCUT2D eigenvalue weighted by molar-refractivity contribution is 6.22. The van der Waals surface area contributed by atoms with Crippen LogP contribution in [0.15, 0.2) is 39.9 Å². The third-order valence-electron chi connectivity index (χ3n) is 5.44. The minimum atomic E-state index is -4.50. The molecule has 10 heteroatoms. The van der Waals surface area contributed by atoms with Crippen LogP contribution in [0.1, 0.15) is 25.7 Å². The molecule has 0 bridgehead atoms. The SMILES string of the molecule is O=C1NC(=O)C([C@@H]2CCCC3=C2C=CC(OC2N=CC(C(F)(F)F)=CC2Cl)C3)O1. The van der Waals surface area contributed by atoms with Gasteiger partial charge in [-0.2, -0.15) is 13.2 Å². The van der Waals surface area contributed by atoms with Gasteiger partial charge in [0.2, 0.25) is 0 Å². The molecule has 0 aromatic heterocycles. The molecule has 0 aromatic rings. The van der Waals surface area contributed by atoms with Crippen molar-refractivity contribution < 1.29 is 32.2 Å². The third-order valence-corrected chi connectivity index (χ3v) is 5.78. The van der Waals surface area contributed by atoms with Crippen LogP contribution in [0.2, 0.25) is 0 Å². The van der Waals surface area contributed by atoms with Crippen molar-refractivity contribution in [3.63, 3.8) is 0 Å². The first kappa shape index (κ1) is 20.2. The summed E-state index contributed by atoms with van der Waals surface area (Å²) in [5, 5.41) is 1.13. The van der Waals surface area contributed by atoms with E-state index in [2.05, 4.69) is 10.3 Å². The van der Waals surface area contributed by atoms with Crippen molar-refractivity contribution in [1.29, 1.82) is 0 Å². The number of ether oxygens (including phenoxy) is 2. The summed E-state index contributed by atoms with van der Waals surface area (Å²) in [4.78, 5) is 27.1. The van der Waals surface area contributed by atoms with E-state index in [1.165, 1.54) is 0 Å². The van der Waals surface area contributed by atoms with E-state index in [-0.39, 0.29) is 5.92 Å². The summed E-state index contributed by atoms with van der Waals surface area (Å²) in [6.07, 6.45) is 0.795. The zero-order chi connectivity index (χ0) is 20.8. The summed E-state index contributed by atoms with van der Waals surface area (Å²) in [5.41, 5.74) is 1.16. The Morgan fingerprint density at radius 3 is 2.76 bits per heavy atom. The molecule has 2 heterocycles. The number of halogens is 4. The molecule has 0 spiro atoms. The smallest absolute Gasteiger partial charge is 0.417 e. The molecular weight excluding hydrogens is 413 g/mol. The molecule has 156 valence electrons. The topological polar surface area (TPSA) is 77.0 Å². The molecule has 0 aromatic carbocycles. The number of rotatable bonds is 3.